The molecule has 2 N–H and O–H groups in total. The van der Waals surface area contributed by atoms with Crippen molar-refractivity contribution in [3.8, 4) is 17.0 Å². The van der Waals surface area contributed by atoms with Crippen molar-refractivity contribution in [2.24, 2.45) is 0 Å². The molecule has 1 aliphatic carbocycles. The first-order valence-corrected chi connectivity index (χ1v) is 7.05. The van der Waals surface area contributed by atoms with Crippen LogP contribution in [0.25, 0.3) is 16.8 Å². The van der Waals surface area contributed by atoms with Crippen LogP contribution in [0.4, 0.5) is 5.95 Å². The Balaban J connectivity index is 1.94. The van der Waals surface area contributed by atoms with Crippen molar-refractivity contribution >= 4 is 11.5 Å². The standard InChI is InChI=1S/C16H16N4O/c1-21-12-6-4-11(5-7-12)15-14(10-2-3-10)13-8-9-18-16(17)20(13)19-15/h4-10H,2-3H2,1H3,(H2,17,18). The number of aromatic nitrogens is 3. The van der Waals surface area contributed by atoms with Gasteiger partial charge in [0, 0.05) is 17.3 Å². The fourth-order valence-corrected chi connectivity index (χ4v) is 2.75. The predicted octanol–water partition coefficient (Wildman–Crippen LogP) is 2.86. The van der Waals surface area contributed by atoms with Gasteiger partial charge in [-0.3, -0.25) is 0 Å². The Morgan fingerprint density at radius 2 is 1.95 bits per heavy atom. The average molecular weight is 280 g/mol. The molecule has 0 saturated heterocycles. The minimum atomic E-state index is 0.425. The molecule has 0 amide bonds. The third kappa shape index (κ3) is 1.93. The van der Waals surface area contributed by atoms with Crippen LogP contribution in [0.1, 0.15) is 24.3 Å². The van der Waals surface area contributed by atoms with E-state index in [1.54, 1.807) is 17.8 Å². The van der Waals surface area contributed by atoms with Crippen molar-refractivity contribution in [3.63, 3.8) is 0 Å². The van der Waals surface area contributed by atoms with Crippen molar-refractivity contribution in [3.05, 3.63) is 42.1 Å². The van der Waals surface area contributed by atoms with Crippen LogP contribution in [0.2, 0.25) is 0 Å². The number of ether oxygens (including phenoxy) is 1. The van der Waals surface area contributed by atoms with Gasteiger partial charge in [0.15, 0.2) is 0 Å². The van der Waals surface area contributed by atoms with Gasteiger partial charge in [0.05, 0.1) is 18.3 Å². The van der Waals surface area contributed by atoms with Gasteiger partial charge in [-0.15, -0.1) is 0 Å². The molecule has 0 spiro atoms. The minimum absolute atomic E-state index is 0.425. The molecule has 0 aliphatic heterocycles. The highest BCUT2D eigenvalue weighted by Gasteiger charge is 2.31. The van der Waals surface area contributed by atoms with Crippen molar-refractivity contribution < 1.29 is 4.74 Å². The van der Waals surface area contributed by atoms with E-state index in [4.69, 9.17) is 10.5 Å². The van der Waals surface area contributed by atoms with Crippen molar-refractivity contribution in [2.75, 3.05) is 12.8 Å². The van der Waals surface area contributed by atoms with Gasteiger partial charge in [0.25, 0.3) is 0 Å². The van der Waals surface area contributed by atoms with Crippen LogP contribution < -0.4 is 10.5 Å². The fraction of sp³-hybridized carbons (Fsp3) is 0.250. The second-order valence-corrected chi connectivity index (χ2v) is 5.37. The summed E-state index contributed by atoms with van der Waals surface area (Å²) >= 11 is 0. The van der Waals surface area contributed by atoms with Gasteiger partial charge in [0.1, 0.15) is 5.75 Å². The highest BCUT2D eigenvalue weighted by atomic mass is 16.5. The second kappa shape index (κ2) is 4.48. The Labute approximate surface area is 122 Å². The second-order valence-electron chi connectivity index (χ2n) is 5.37. The van der Waals surface area contributed by atoms with Crippen LogP contribution in [0.5, 0.6) is 5.75 Å². The van der Waals surface area contributed by atoms with Crippen molar-refractivity contribution in [1.82, 2.24) is 14.6 Å². The highest BCUT2D eigenvalue weighted by Crippen LogP contribution is 2.46. The third-order valence-corrected chi connectivity index (χ3v) is 3.96. The summed E-state index contributed by atoms with van der Waals surface area (Å²) in [5, 5.41) is 4.69. The minimum Gasteiger partial charge on any atom is -0.497 e. The fourth-order valence-electron chi connectivity index (χ4n) is 2.75. The zero-order valence-electron chi connectivity index (χ0n) is 11.8. The first-order valence-electron chi connectivity index (χ1n) is 7.05. The van der Waals surface area contributed by atoms with E-state index >= 15 is 0 Å². The molecule has 0 unspecified atom stereocenters. The highest BCUT2D eigenvalue weighted by molar-refractivity contribution is 5.75. The molecule has 0 radical (unpaired) electrons. The molecule has 1 fully saturated rings. The normalized spacial score (nSPS) is 14.5. The maximum absolute atomic E-state index is 5.95. The van der Waals surface area contributed by atoms with Gasteiger partial charge in [-0.25, -0.2) is 4.98 Å². The number of nitrogens with zero attached hydrogens (tertiary/aromatic N) is 3. The summed E-state index contributed by atoms with van der Waals surface area (Å²) < 4.78 is 6.96. The average Bonchev–Trinajstić information content (AvgIpc) is 3.28. The van der Waals surface area contributed by atoms with E-state index in [2.05, 4.69) is 10.1 Å². The molecular formula is C16H16N4O. The quantitative estimate of drug-likeness (QED) is 0.801. The van der Waals surface area contributed by atoms with E-state index in [0.717, 1.165) is 22.5 Å². The first-order chi connectivity index (χ1) is 10.3. The van der Waals surface area contributed by atoms with Crippen LogP contribution in [-0.2, 0) is 0 Å². The number of hydrogen-bond acceptors (Lipinski definition) is 4. The lowest BCUT2D eigenvalue weighted by molar-refractivity contribution is 0.415. The van der Waals surface area contributed by atoms with E-state index in [0.29, 0.717) is 11.9 Å². The molecule has 4 rings (SSSR count). The van der Waals surface area contributed by atoms with E-state index in [1.165, 1.54) is 18.4 Å². The van der Waals surface area contributed by atoms with Crippen LogP contribution >= 0.6 is 0 Å². The van der Waals surface area contributed by atoms with Gasteiger partial charge in [-0.05, 0) is 49.1 Å². The number of hydrogen-bond donors (Lipinski definition) is 1. The topological polar surface area (TPSA) is 65.4 Å². The molecule has 2 aromatic heterocycles. The lowest BCUT2D eigenvalue weighted by atomic mass is 10.0. The predicted molar refractivity (Wildman–Crippen MR) is 81.4 cm³/mol. The molecule has 1 aromatic carbocycles. The van der Waals surface area contributed by atoms with E-state index < -0.39 is 0 Å². The lowest BCUT2D eigenvalue weighted by Crippen LogP contribution is -2.00. The van der Waals surface area contributed by atoms with Crippen molar-refractivity contribution in [2.45, 2.75) is 18.8 Å². The zero-order chi connectivity index (χ0) is 14.4. The number of nitrogens with two attached hydrogens (primary N) is 1. The van der Waals surface area contributed by atoms with Crippen LogP contribution in [-0.4, -0.2) is 21.7 Å². The first kappa shape index (κ1) is 12.2. The Hall–Kier alpha value is -2.56. The van der Waals surface area contributed by atoms with E-state index in [9.17, 15) is 0 Å². The number of benzene rings is 1. The van der Waals surface area contributed by atoms with Crippen LogP contribution in [0.3, 0.4) is 0 Å². The molecule has 0 atom stereocenters. The van der Waals surface area contributed by atoms with E-state index in [-0.39, 0.29) is 0 Å². The molecule has 21 heavy (non-hydrogen) atoms. The zero-order valence-corrected chi connectivity index (χ0v) is 11.8. The van der Waals surface area contributed by atoms with Gasteiger partial charge in [-0.1, -0.05) is 0 Å². The Bertz CT molecular complexity index is 803. The molecule has 1 saturated carbocycles. The van der Waals surface area contributed by atoms with Gasteiger partial charge < -0.3 is 10.5 Å². The maximum atomic E-state index is 5.95. The lowest BCUT2D eigenvalue weighted by Gasteiger charge is -2.03. The number of nitrogen functional groups attached to an aromatic ring is 1. The monoisotopic (exact) mass is 280 g/mol. The molecule has 0 bridgehead atoms. The summed E-state index contributed by atoms with van der Waals surface area (Å²) in [6.07, 6.45) is 4.18. The SMILES string of the molecule is COc1ccc(-c2nn3c(N)nccc3c2C2CC2)cc1. The molecule has 1 aliphatic rings. The number of rotatable bonds is 3. The molecule has 2 heterocycles. The largest absolute Gasteiger partial charge is 0.497 e. The Kier molecular flexibility index (Phi) is 2.60. The third-order valence-electron chi connectivity index (χ3n) is 3.96. The van der Waals surface area contributed by atoms with Crippen molar-refractivity contribution in [1.29, 1.82) is 0 Å². The van der Waals surface area contributed by atoms with Crippen LogP contribution in [0.15, 0.2) is 36.5 Å². The molecular weight excluding hydrogens is 264 g/mol. The summed E-state index contributed by atoms with van der Waals surface area (Å²) in [5.41, 5.74) is 10.4. The molecule has 5 heteroatoms. The summed E-state index contributed by atoms with van der Waals surface area (Å²) in [5.74, 6) is 1.85. The summed E-state index contributed by atoms with van der Waals surface area (Å²) in [6, 6.07) is 9.98. The molecule has 106 valence electrons. The summed E-state index contributed by atoms with van der Waals surface area (Å²) in [4.78, 5) is 4.12. The number of fused-ring (bicyclic) bond motifs is 1. The van der Waals surface area contributed by atoms with Crippen LogP contribution in [0, 0.1) is 0 Å². The summed E-state index contributed by atoms with van der Waals surface area (Å²) in [7, 11) is 1.67. The molecule has 5 nitrogen and oxygen atoms in total. The maximum Gasteiger partial charge on any atom is 0.221 e. The summed E-state index contributed by atoms with van der Waals surface area (Å²) in [6.45, 7) is 0. The van der Waals surface area contributed by atoms with E-state index in [1.807, 2.05) is 30.3 Å². The number of methoxy groups -OCH3 is 1. The van der Waals surface area contributed by atoms with Gasteiger partial charge in [0.2, 0.25) is 5.95 Å². The van der Waals surface area contributed by atoms with Gasteiger partial charge >= 0.3 is 0 Å². The van der Waals surface area contributed by atoms with Gasteiger partial charge in [-0.2, -0.15) is 9.61 Å². The Morgan fingerprint density at radius 3 is 2.62 bits per heavy atom. The smallest absolute Gasteiger partial charge is 0.221 e. The Morgan fingerprint density at radius 1 is 1.19 bits per heavy atom. The molecule has 3 aromatic rings. The number of anilines is 1.